The van der Waals surface area contributed by atoms with Crippen molar-refractivity contribution in [3.05, 3.63) is 65.7 Å². The number of carbonyl (C=O) groups is 2. The van der Waals surface area contributed by atoms with Gasteiger partial charge in [0.25, 0.3) is 0 Å². The maximum atomic E-state index is 13.5. The van der Waals surface area contributed by atoms with Gasteiger partial charge in [0.15, 0.2) is 0 Å². The molecule has 2 N–H and O–H groups in total. The van der Waals surface area contributed by atoms with Crippen molar-refractivity contribution in [2.45, 2.75) is 19.5 Å². The van der Waals surface area contributed by atoms with Gasteiger partial charge in [-0.05, 0) is 24.1 Å². The highest BCUT2D eigenvalue weighted by Crippen LogP contribution is 2.38. The maximum Gasteiger partial charge on any atom is 0.224 e. The summed E-state index contributed by atoms with van der Waals surface area (Å²) in [6, 6.07) is 9.98. The molecule has 2 aromatic rings. The Hall–Kier alpha value is -2.76. The van der Waals surface area contributed by atoms with Crippen LogP contribution in [-0.4, -0.2) is 16.8 Å². The molecule has 1 heterocycles. The van der Waals surface area contributed by atoms with Crippen LogP contribution in [-0.2, 0) is 22.7 Å². The highest BCUT2D eigenvalue weighted by atomic mass is 19.1. The largest absolute Gasteiger partial charge is 0.352 e. The first-order chi connectivity index (χ1) is 11.6. The highest BCUT2D eigenvalue weighted by molar-refractivity contribution is 5.92. The molecule has 2 unspecified atom stereocenters. The maximum absolute atomic E-state index is 13.5. The molecule has 24 heavy (non-hydrogen) atoms. The number of nitrogens with one attached hydrogen (secondary N) is 2. The third-order valence-corrected chi connectivity index (χ3v) is 4.06. The van der Waals surface area contributed by atoms with Crippen LogP contribution in [0.2, 0.25) is 0 Å². The number of halogens is 1. The SMILES string of the molecule is O=C(NCc1cccnc1)C1CC1C(=O)NCc1ccccc1F. The average Bonchev–Trinajstić information content (AvgIpc) is 3.40. The van der Waals surface area contributed by atoms with Gasteiger partial charge in [0, 0.05) is 31.0 Å². The minimum atomic E-state index is -0.348. The van der Waals surface area contributed by atoms with Crippen LogP contribution in [0.4, 0.5) is 4.39 Å². The standard InChI is InChI=1S/C18H18FN3O2/c19-16-6-2-1-5-13(16)11-22-18(24)15-8-14(15)17(23)21-10-12-4-3-7-20-9-12/h1-7,9,14-15H,8,10-11H2,(H,21,23)(H,22,24). The number of hydrogen-bond donors (Lipinski definition) is 2. The molecular weight excluding hydrogens is 309 g/mol. The van der Waals surface area contributed by atoms with Crippen LogP contribution >= 0.6 is 0 Å². The summed E-state index contributed by atoms with van der Waals surface area (Å²) in [5, 5.41) is 5.50. The zero-order valence-corrected chi connectivity index (χ0v) is 13.0. The quantitative estimate of drug-likeness (QED) is 0.850. The first-order valence-corrected chi connectivity index (χ1v) is 7.83. The van der Waals surface area contributed by atoms with Crippen molar-refractivity contribution in [3.8, 4) is 0 Å². The third-order valence-electron chi connectivity index (χ3n) is 4.06. The van der Waals surface area contributed by atoms with Gasteiger partial charge in [0.1, 0.15) is 5.82 Å². The summed E-state index contributed by atoms with van der Waals surface area (Å²) in [4.78, 5) is 28.1. The fraction of sp³-hybridized carbons (Fsp3) is 0.278. The first kappa shape index (κ1) is 16.1. The van der Waals surface area contributed by atoms with E-state index < -0.39 is 0 Å². The van der Waals surface area contributed by atoms with Crippen molar-refractivity contribution in [1.82, 2.24) is 15.6 Å². The molecule has 0 saturated heterocycles. The summed E-state index contributed by atoms with van der Waals surface area (Å²) < 4.78 is 13.5. The average molecular weight is 327 g/mol. The molecule has 2 amide bonds. The number of rotatable bonds is 6. The Balaban J connectivity index is 1.43. The van der Waals surface area contributed by atoms with E-state index in [2.05, 4.69) is 15.6 Å². The van der Waals surface area contributed by atoms with Crippen molar-refractivity contribution < 1.29 is 14.0 Å². The summed E-state index contributed by atoms with van der Waals surface area (Å²) in [6.07, 6.45) is 3.88. The Bertz CT molecular complexity index is 736. The predicted octanol–water partition coefficient (Wildman–Crippen LogP) is 1.79. The zero-order valence-electron chi connectivity index (χ0n) is 13.0. The van der Waals surface area contributed by atoms with E-state index in [-0.39, 0.29) is 36.0 Å². The Morgan fingerprint density at radius 3 is 2.42 bits per heavy atom. The molecule has 124 valence electrons. The van der Waals surface area contributed by atoms with Crippen LogP contribution in [0.5, 0.6) is 0 Å². The summed E-state index contributed by atoms with van der Waals surface area (Å²) >= 11 is 0. The molecule has 2 atom stereocenters. The lowest BCUT2D eigenvalue weighted by Crippen LogP contribution is -2.30. The monoisotopic (exact) mass is 327 g/mol. The Labute approximate surface area is 139 Å². The molecule has 1 aliphatic carbocycles. The smallest absolute Gasteiger partial charge is 0.224 e. The Kier molecular flexibility index (Phi) is 4.84. The topological polar surface area (TPSA) is 71.1 Å². The third kappa shape index (κ3) is 3.95. The summed E-state index contributed by atoms with van der Waals surface area (Å²) in [5.74, 6) is -1.32. The fourth-order valence-corrected chi connectivity index (χ4v) is 2.55. The first-order valence-electron chi connectivity index (χ1n) is 7.83. The predicted molar refractivity (Wildman–Crippen MR) is 85.9 cm³/mol. The van der Waals surface area contributed by atoms with Crippen LogP contribution in [0, 0.1) is 17.7 Å². The second-order valence-electron chi connectivity index (χ2n) is 5.84. The van der Waals surface area contributed by atoms with Gasteiger partial charge >= 0.3 is 0 Å². The molecule has 1 aliphatic rings. The van der Waals surface area contributed by atoms with Crippen LogP contribution in [0.1, 0.15) is 17.5 Å². The van der Waals surface area contributed by atoms with Crippen molar-refractivity contribution in [3.63, 3.8) is 0 Å². The van der Waals surface area contributed by atoms with Gasteiger partial charge in [-0.2, -0.15) is 0 Å². The normalized spacial score (nSPS) is 18.7. The lowest BCUT2D eigenvalue weighted by Gasteiger charge is -2.07. The minimum absolute atomic E-state index is 0.131. The molecular formula is C18H18FN3O2. The molecule has 0 bridgehead atoms. The van der Waals surface area contributed by atoms with Crippen LogP contribution < -0.4 is 10.6 Å². The Morgan fingerprint density at radius 1 is 1.04 bits per heavy atom. The molecule has 1 aromatic heterocycles. The number of aromatic nitrogens is 1. The lowest BCUT2D eigenvalue weighted by molar-refractivity contribution is -0.127. The number of pyridine rings is 1. The number of nitrogens with zero attached hydrogens (tertiary/aromatic N) is 1. The molecule has 1 fully saturated rings. The number of benzene rings is 1. The minimum Gasteiger partial charge on any atom is -0.352 e. The summed E-state index contributed by atoms with van der Waals surface area (Å²) in [5.41, 5.74) is 1.34. The molecule has 5 nitrogen and oxygen atoms in total. The molecule has 0 spiro atoms. The second-order valence-corrected chi connectivity index (χ2v) is 5.84. The van der Waals surface area contributed by atoms with Crippen LogP contribution in [0.3, 0.4) is 0 Å². The second kappa shape index (κ2) is 7.21. The Morgan fingerprint density at radius 2 is 1.75 bits per heavy atom. The van der Waals surface area contributed by atoms with E-state index in [1.807, 2.05) is 6.07 Å². The van der Waals surface area contributed by atoms with E-state index in [1.165, 1.54) is 6.07 Å². The van der Waals surface area contributed by atoms with E-state index in [1.54, 1.807) is 36.7 Å². The molecule has 1 aromatic carbocycles. The summed E-state index contributed by atoms with van der Waals surface area (Å²) in [7, 11) is 0. The van der Waals surface area contributed by atoms with Crippen LogP contribution in [0.15, 0.2) is 48.8 Å². The van der Waals surface area contributed by atoms with Crippen LogP contribution in [0.25, 0.3) is 0 Å². The zero-order chi connectivity index (χ0) is 16.9. The molecule has 0 aliphatic heterocycles. The number of hydrogen-bond acceptors (Lipinski definition) is 3. The van der Waals surface area contributed by atoms with Gasteiger partial charge < -0.3 is 10.6 Å². The van der Waals surface area contributed by atoms with E-state index in [0.717, 1.165) is 5.56 Å². The van der Waals surface area contributed by atoms with Gasteiger partial charge in [-0.1, -0.05) is 24.3 Å². The van der Waals surface area contributed by atoms with Crippen molar-refractivity contribution in [2.24, 2.45) is 11.8 Å². The highest BCUT2D eigenvalue weighted by Gasteiger charge is 2.47. The van der Waals surface area contributed by atoms with E-state index in [4.69, 9.17) is 0 Å². The van der Waals surface area contributed by atoms with E-state index in [0.29, 0.717) is 18.5 Å². The van der Waals surface area contributed by atoms with Crippen molar-refractivity contribution in [2.75, 3.05) is 0 Å². The molecule has 3 rings (SSSR count). The van der Waals surface area contributed by atoms with Gasteiger partial charge in [0.2, 0.25) is 11.8 Å². The van der Waals surface area contributed by atoms with Gasteiger partial charge in [0.05, 0.1) is 11.8 Å². The molecule has 0 radical (unpaired) electrons. The lowest BCUT2D eigenvalue weighted by atomic mass is 10.2. The fourth-order valence-electron chi connectivity index (χ4n) is 2.55. The van der Waals surface area contributed by atoms with Gasteiger partial charge in [-0.15, -0.1) is 0 Å². The van der Waals surface area contributed by atoms with Crippen molar-refractivity contribution in [1.29, 1.82) is 0 Å². The van der Waals surface area contributed by atoms with Gasteiger partial charge in [-0.3, -0.25) is 14.6 Å². The van der Waals surface area contributed by atoms with Crippen molar-refractivity contribution >= 4 is 11.8 Å². The molecule has 1 saturated carbocycles. The van der Waals surface area contributed by atoms with Gasteiger partial charge in [-0.25, -0.2) is 4.39 Å². The summed E-state index contributed by atoms with van der Waals surface area (Å²) in [6.45, 7) is 0.527. The van der Waals surface area contributed by atoms with E-state index in [9.17, 15) is 14.0 Å². The number of amides is 2. The molecule has 6 heteroatoms. The van der Waals surface area contributed by atoms with E-state index >= 15 is 0 Å². The number of carbonyl (C=O) groups excluding carboxylic acids is 2.